The van der Waals surface area contributed by atoms with Crippen LogP contribution >= 0.6 is 0 Å². The number of carbonyl (C=O) groups excluding carboxylic acids is 1. The molecule has 1 aliphatic rings. The fourth-order valence-corrected chi connectivity index (χ4v) is 5.47. The van der Waals surface area contributed by atoms with Gasteiger partial charge in [0, 0.05) is 25.2 Å². The van der Waals surface area contributed by atoms with Crippen molar-refractivity contribution in [1.82, 2.24) is 9.62 Å². The molecular formula is C21H27N3O5S2. The van der Waals surface area contributed by atoms with Gasteiger partial charge in [0.1, 0.15) is 0 Å². The van der Waals surface area contributed by atoms with Crippen LogP contribution in [-0.2, 0) is 26.6 Å². The Morgan fingerprint density at radius 1 is 1.00 bits per heavy atom. The smallest absolute Gasteiger partial charge is 0.251 e. The Labute approximate surface area is 183 Å². The normalized spacial score (nSPS) is 16.1. The summed E-state index contributed by atoms with van der Waals surface area (Å²) in [6, 6.07) is 12.6. The number of rotatable bonds is 7. The summed E-state index contributed by atoms with van der Waals surface area (Å²) in [4.78, 5) is 12.7. The summed E-state index contributed by atoms with van der Waals surface area (Å²) in [5, 5.41) is 2.73. The summed E-state index contributed by atoms with van der Waals surface area (Å²) in [6.07, 6.45) is 2.74. The van der Waals surface area contributed by atoms with Gasteiger partial charge in [0.15, 0.2) is 0 Å². The van der Waals surface area contributed by atoms with Crippen LogP contribution in [0, 0.1) is 5.92 Å². The molecule has 31 heavy (non-hydrogen) atoms. The minimum atomic E-state index is -3.57. The second-order valence-corrected chi connectivity index (χ2v) is 11.5. The van der Waals surface area contributed by atoms with Crippen molar-refractivity contribution in [2.75, 3.05) is 24.1 Å². The lowest BCUT2D eigenvalue weighted by atomic mass is 10.0. The van der Waals surface area contributed by atoms with E-state index in [2.05, 4.69) is 17.0 Å². The van der Waals surface area contributed by atoms with Crippen molar-refractivity contribution in [2.24, 2.45) is 5.92 Å². The number of hydrogen-bond acceptors (Lipinski definition) is 5. The summed E-state index contributed by atoms with van der Waals surface area (Å²) in [5.41, 5.74) is 1.32. The number of nitrogens with one attached hydrogen (secondary N) is 2. The molecule has 168 valence electrons. The first kappa shape index (κ1) is 23.2. The third kappa shape index (κ3) is 6.05. The van der Waals surface area contributed by atoms with E-state index < -0.39 is 20.0 Å². The van der Waals surface area contributed by atoms with Gasteiger partial charge in [0.25, 0.3) is 5.91 Å². The van der Waals surface area contributed by atoms with Gasteiger partial charge in [-0.3, -0.25) is 9.52 Å². The van der Waals surface area contributed by atoms with E-state index in [1.54, 1.807) is 24.3 Å². The second-order valence-electron chi connectivity index (χ2n) is 7.83. The molecular weight excluding hydrogens is 438 g/mol. The number of carbonyl (C=O) groups is 1. The van der Waals surface area contributed by atoms with Crippen molar-refractivity contribution < 1.29 is 21.6 Å². The highest BCUT2D eigenvalue weighted by Gasteiger charge is 2.28. The van der Waals surface area contributed by atoms with Gasteiger partial charge in [-0.2, -0.15) is 4.31 Å². The fourth-order valence-electron chi connectivity index (χ4n) is 3.40. The molecule has 2 aromatic rings. The van der Waals surface area contributed by atoms with Crippen molar-refractivity contribution >= 4 is 31.6 Å². The minimum Gasteiger partial charge on any atom is -0.348 e. The molecule has 1 fully saturated rings. The zero-order valence-electron chi connectivity index (χ0n) is 17.5. The molecule has 0 atom stereocenters. The van der Waals surface area contributed by atoms with Gasteiger partial charge < -0.3 is 5.32 Å². The van der Waals surface area contributed by atoms with Crippen LogP contribution < -0.4 is 10.0 Å². The van der Waals surface area contributed by atoms with E-state index in [0.29, 0.717) is 35.8 Å². The predicted molar refractivity (Wildman–Crippen MR) is 120 cm³/mol. The maximum absolute atomic E-state index is 12.8. The number of amides is 1. The number of benzene rings is 2. The first-order valence-corrected chi connectivity index (χ1v) is 13.3. The Kier molecular flexibility index (Phi) is 7.03. The molecule has 0 saturated carbocycles. The van der Waals surface area contributed by atoms with E-state index in [0.717, 1.165) is 19.1 Å². The Morgan fingerprint density at radius 2 is 1.61 bits per heavy atom. The molecule has 0 aromatic heterocycles. The highest BCUT2D eigenvalue weighted by molar-refractivity contribution is 7.92. The number of para-hydroxylation sites is 1. The number of piperidine rings is 1. The van der Waals surface area contributed by atoms with Crippen molar-refractivity contribution in [3.8, 4) is 0 Å². The third-order valence-electron chi connectivity index (χ3n) is 5.25. The average Bonchev–Trinajstić information content (AvgIpc) is 2.72. The van der Waals surface area contributed by atoms with E-state index in [4.69, 9.17) is 0 Å². The fraction of sp³-hybridized carbons (Fsp3) is 0.381. The number of nitrogens with zero attached hydrogens (tertiary/aromatic N) is 1. The number of anilines is 1. The zero-order valence-corrected chi connectivity index (χ0v) is 19.2. The summed E-state index contributed by atoms with van der Waals surface area (Å²) in [5.74, 6) is 0.139. The van der Waals surface area contributed by atoms with Gasteiger partial charge in [0.2, 0.25) is 20.0 Å². The van der Waals surface area contributed by atoms with Gasteiger partial charge in [-0.25, -0.2) is 16.8 Å². The maximum atomic E-state index is 12.8. The molecule has 0 spiro atoms. The Balaban J connectivity index is 1.66. The van der Waals surface area contributed by atoms with Gasteiger partial charge in [-0.05, 0) is 54.7 Å². The molecule has 3 rings (SSSR count). The first-order valence-electron chi connectivity index (χ1n) is 10.0. The van der Waals surface area contributed by atoms with Crippen molar-refractivity contribution in [3.05, 3.63) is 59.7 Å². The number of sulfonamides is 2. The monoisotopic (exact) mass is 465 g/mol. The van der Waals surface area contributed by atoms with Gasteiger partial charge in [-0.1, -0.05) is 25.1 Å². The lowest BCUT2D eigenvalue weighted by Crippen LogP contribution is -2.37. The summed E-state index contributed by atoms with van der Waals surface area (Å²) in [6.45, 7) is 3.25. The van der Waals surface area contributed by atoms with Crippen LogP contribution in [0.5, 0.6) is 0 Å². The number of hydrogen-bond donors (Lipinski definition) is 2. The summed E-state index contributed by atoms with van der Waals surface area (Å²) in [7, 11) is -7.01. The van der Waals surface area contributed by atoms with Gasteiger partial charge in [-0.15, -0.1) is 0 Å². The highest BCUT2D eigenvalue weighted by atomic mass is 32.2. The van der Waals surface area contributed by atoms with Gasteiger partial charge >= 0.3 is 0 Å². The topological polar surface area (TPSA) is 113 Å². The predicted octanol–water partition coefficient (Wildman–Crippen LogP) is 2.41. The standard InChI is InChI=1S/C21H27N3O5S2/c1-16-11-13-24(14-12-16)31(28,29)19-9-7-17(8-10-19)21(25)22-15-18-5-3-4-6-20(18)23-30(2,26)27/h3-10,16,23H,11-15H2,1-2H3,(H,22,25). The van der Waals surface area contributed by atoms with Crippen LogP contribution in [0.25, 0.3) is 0 Å². The Hall–Kier alpha value is -2.43. The summed E-state index contributed by atoms with van der Waals surface area (Å²) >= 11 is 0. The van der Waals surface area contributed by atoms with Gasteiger partial charge in [0.05, 0.1) is 16.8 Å². The average molecular weight is 466 g/mol. The third-order valence-corrected chi connectivity index (χ3v) is 7.75. The van der Waals surface area contributed by atoms with Crippen LogP contribution in [-0.4, -0.2) is 46.4 Å². The molecule has 1 amide bonds. The van der Waals surface area contributed by atoms with Crippen molar-refractivity contribution in [3.63, 3.8) is 0 Å². The lowest BCUT2D eigenvalue weighted by molar-refractivity contribution is 0.0951. The van der Waals surface area contributed by atoms with Crippen LogP contribution in [0.15, 0.2) is 53.4 Å². The molecule has 0 aliphatic carbocycles. The van der Waals surface area contributed by atoms with Crippen LogP contribution in [0.2, 0.25) is 0 Å². The maximum Gasteiger partial charge on any atom is 0.251 e. The molecule has 8 nitrogen and oxygen atoms in total. The lowest BCUT2D eigenvalue weighted by Gasteiger charge is -2.29. The molecule has 0 unspecified atom stereocenters. The van der Waals surface area contributed by atoms with E-state index in [1.807, 2.05) is 0 Å². The molecule has 1 saturated heterocycles. The second kappa shape index (κ2) is 9.37. The molecule has 1 heterocycles. The summed E-state index contributed by atoms with van der Waals surface area (Å²) < 4.78 is 52.5. The minimum absolute atomic E-state index is 0.115. The molecule has 10 heteroatoms. The molecule has 2 N–H and O–H groups in total. The van der Waals surface area contributed by atoms with Crippen LogP contribution in [0.3, 0.4) is 0 Å². The molecule has 0 radical (unpaired) electrons. The van der Waals surface area contributed by atoms with Crippen molar-refractivity contribution in [2.45, 2.75) is 31.2 Å². The highest BCUT2D eigenvalue weighted by Crippen LogP contribution is 2.23. The quantitative estimate of drug-likeness (QED) is 0.652. The molecule has 2 aromatic carbocycles. The van der Waals surface area contributed by atoms with E-state index >= 15 is 0 Å². The molecule has 1 aliphatic heterocycles. The van der Waals surface area contributed by atoms with E-state index in [9.17, 15) is 21.6 Å². The van der Waals surface area contributed by atoms with E-state index in [-0.39, 0.29) is 17.3 Å². The largest absolute Gasteiger partial charge is 0.348 e. The van der Waals surface area contributed by atoms with Crippen LogP contribution in [0.1, 0.15) is 35.7 Å². The first-order chi connectivity index (χ1) is 14.6. The zero-order chi connectivity index (χ0) is 22.6. The Bertz CT molecular complexity index is 1140. The molecule has 0 bridgehead atoms. The van der Waals surface area contributed by atoms with Crippen LogP contribution in [0.4, 0.5) is 5.69 Å². The SMILES string of the molecule is CC1CCN(S(=O)(=O)c2ccc(C(=O)NCc3ccccc3NS(C)(=O)=O)cc2)CC1. The Morgan fingerprint density at radius 3 is 2.23 bits per heavy atom. The van der Waals surface area contributed by atoms with Crippen molar-refractivity contribution in [1.29, 1.82) is 0 Å². The van der Waals surface area contributed by atoms with E-state index in [1.165, 1.54) is 28.6 Å².